The second-order valence-corrected chi connectivity index (χ2v) is 8.88. The number of hydrogen-bond acceptors (Lipinski definition) is 7. The third-order valence-corrected chi connectivity index (χ3v) is 4.67. The molecule has 0 aliphatic carbocycles. The molecule has 9 nitrogen and oxygen atoms in total. The van der Waals surface area contributed by atoms with E-state index in [1.165, 1.54) is 12.1 Å². The SMILES string of the molecule is CCOC(=O)[C@@H](Cc1ccc(O)cc1)NC(=O)[C@H](COCc1ccccc1)NC(=O)OC(C)(C)C. The maximum Gasteiger partial charge on any atom is 0.408 e. The van der Waals surface area contributed by atoms with Gasteiger partial charge in [-0.1, -0.05) is 42.5 Å². The molecule has 2 aromatic rings. The first-order valence-corrected chi connectivity index (χ1v) is 11.4. The molecule has 0 aliphatic rings. The fraction of sp³-hybridized carbons (Fsp3) is 0.423. The Morgan fingerprint density at radius 2 is 1.57 bits per heavy atom. The number of rotatable bonds is 11. The van der Waals surface area contributed by atoms with E-state index < -0.39 is 35.7 Å². The van der Waals surface area contributed by atoms with Gasteiger partial charge >= 0.3 is 12.1 Å². The van der Waals surface area contributed by atoms with E-state index >= 15 is 0 Å². The van der Waals surface area contributed by atoms with E-state index in [-0.39, 0.29) is 32.0 Å². The molecule has 35 heavy (non-hydrogen) atoms. The van der Waals surface area contributed by atoms with Crippen molar-refractivity contribution in [3.05, 3.63) is 65.7 Å². The predicted molar refractivity (Wildman–Crippen MR) is 130 cm³/mol. The molecule has 0 saturated carbocycles. The first-order valence-electron chi connectivity index (χ1n) is 11.4. The van der Waals surface area contributed by atoms with Gasteiger partial charge in [0.1, 0.15) is 23.4 Å². The molecule has 3 N–H and O–H groups in total. The summed E-state index contributed by atoms with van der Waals surface area (Å²) >= 11 is 0. The van der Waals surface area contributed by atoms with Crippen LogP contribution in [0.1, 0.15) is 38.8 Å². The summed E-state index contributed by atoms with van der Waals surface area (Å²) < 4.78 is 16.1. The first kappa shape index (κ1) is 27.7. The van der Waals surface area contributed by atoms with Crippen molar-refractivity contribution < 1.29 is 33.7 Å². The van der Waals surface area contributed by atoms with Gasteiger partial charge in [0.15, 0.2) is 0 Å². The van der Waals surface area contributed by atoms with Crippen molar-refractivity contribution in [1.29, 1.82) is 0 Å². The van der Waals surface area contributed by atoms with Crippen LogP contribution in [0.2, 0.25) is 0 Å². The largest absolute Gasteiger partial charge is 0.508 e. The zero-order valence-corrected chi connectivity index (χ0v) is 20.6. The summed E-state index contributed by atoms with van der Waals surface area (Å²) in [5.74, 6) is -1.15. The molecule has 0 saturated heterocycles. The molecule has 0 unspecified atom stereocenters. The molecule has 0 spiro atoms. The third-order valence-electron chi connectivity index (χ3n) is 4.67. The highest BCUT2D eigenvalue weighted by Crippen LogP contribution is 2.13. The molecular formula is C26H34N2O7. The standard InChI is InChI=1S/C26H34N2O7/c1-5-34-24(31)21(15-18-11-13-20(29)14-12-18)27-23(30)22(28-25(32)35-26(2,3)4)17-33-16-19-9-7-6-8-10-19/h6-14,21-22,29H,5,15-17H2,1-4H3,(H,27,30)(H,28,32)/t21-,22+/m1/s1. The van der Waals surface area contributed by atoms with Gasteiger partial charge in [-0.2, -0.15) is 0 Å². The average Bonchev–Trinajstić information content (AvgIpc) is 2.79. The Morgan fingerprint density at radius 1 is 0.914 bits per heavy atom. The Morgan fingerprint density at radius 3 is 2.17 bits per heavy atom. The fourth-order valence-corrected chi connectivity index (χ4v) is 3.08. The maximum atomic E-state index is 13.1. The number of carbonyl (C=O) groups is 3. The molecule has 2 atom stereocenters. The molecule has 0 heterocycles. The van der Waals surface area contributed by atoms with E-state index in [1.54, 1.807) is 39.8 Å². The molecule has 0 radical (unpaired) electrons. The van der Waals surface area contributed by atoms with Gasteiger partial charge < -0.3 is 30.0 Å². The topological polar surface area (TPSA) is 123 Å². The highest BCUT2D eigenvalue weighted by molar-refractivity contribution is 5.90. The summed E-state index contributed by atoms with van der Waals surface area (Å²) in [6.07, 6.45) is -0.651. The van der Waals surface area contributed by atoms with Gasteiger partial charge in [0.25, 0.3) is 0 Å². The number of nitrogens with one attached hydrogen (secondary N) is 2. The van der Waals surface area contributed by atoms with E-state index in [4.69, 9.17) is 14.2 Å². The van der Waals surface area contributed by atoms with Gasteiger partial charge in [0, 0.05) is 6.42 Å². The van der Waals surface area contributed by atoms with E-state index in [0.717, 1.165) is 5.56 Å². The lowest BCUT2D eigenvalue weighted by molar-refractivity contribution is -0.147. The van der Waals surface area contributed by atoms with Crippen molar-refractivity contribution in [1.82, 2.24) is 10.6 Å². The number of aromatic hydroxyl groups is 1. The number of hydrogen-bond donors (Lipinski definition) is 3. The summed E-state index contributed by atoms with van der Waals surface area (Å²) in [5.41, 5.74) is 0.848. The van der Waals surface area contributed by atoms with Crippen molar-refractivity contribution in [2.75, 3.05) is 13.2 Å². The normalized spacial score (nSPS) is 12.8. The van der Waals surface area contributed by atoms with E-state index in [1.807, 2.05) is 30.3 Å². The Balaban J connectivity index is 2.13. The molecular weight excluding hydrogens is 452 g/mol. The predicted octanol–water partition coefficient (Wildman–Crippen LogP) is 3.09. The number of amides is 2. The van der Waals surface area contributed by atoms with Crippen molar-refractivity contribution >= 4 is 18.0 Å². The van der Waals surface area contributed by atoms with Crippen LogP contribution >= 0.6 is 0 Å². The summed E-state index contributed by atoms with van der Waals surface area (Å²) in [6, 6.07) is 13.5. The third kappa shape index (κ3) is 10.5. The second kappa shape index (κ2) is 13.3. The van der Waals surface area contributed by atoms with Crippen molar-refractivity contribution in [3.63, 3.8) is 0 Å². The number of ether oxygens (including phenoxy) is 3. The van der Waals surface area contributed by atoms with E-state index in [2.05, 4.69) is 10.6 Å². The molecule has 2 aromatic carbocycles. The molecule has 9 heteroatoms. The summed E-state index contributed by atoms with van der Waals surface area (Å²) in [6.45, 7) is 7.03. The smallest absolute Gasteiger partial charge is 0.408 e. The van der Waals surface area contributed by atoms with E-state index in [0.29, 0.717) is 5.56 Å². The van der Waals surface area contributed by atoms with Crippen LogP contribution in [0.5, 0.6) is 5.75 Å². The van der Waals surface area contributed by atoms with Crippen LogP contribution in [-0.4, -0.2) is 54.0 Å². The molecule has 0 bridgehead atoms. The van der Waals surface area contributed by atoms with E-state index in [9.17, 15) is 19.5 Å². The Bertz CT molecular complexity index is 956. The summed E-state index contributed by atoms with van der Waals surface area (Å²) in [7, 11) is 0. The maximum absolute atomic E-state index is 13.1. The number of benzene rings is 2. The average molecular weight is 487 g/mol. The van der Waals surface area contributed by atoms with Crippen LogP contribution in [0.25, 0.3) is 0 Å². The van der Waals surface area contributed by atoms with Crippen molar-refractivity contribution in [2.24, 2.45) is 0 Å². The highest BCUT2D eigenvalue weighted by Gasteiger charge is 2.29. The van der Waals surface area contributed by atoms with Crippen LogP contribution in [0, 0.1) is 0 Å². The lowest BCUT2D eigenvalue weighted by Crippen LogP contribution is -2.54. The number of esters is 1. The minimum Gasteiger partial charge on any atom is -0.508 e. The zero-order valence-electron chi connectivity index (χ0n) is 20.6. The number of phenolic OH excluding ortho intramolecular Hbond substituents is 1. The highest BCUT2D eigenvalue weighted by atomic mass is 16.6. The van der Waals surface area contributed by atoms with Crippen LogP contribution in [0.3, 0.4) is 0 Å². The quantitative estimate of drug-likeness (QED) is 0.417. The van der Waals surface area contributed by atoms with Crippen LogP contribution in [0.15, 0.2) is 54.6 Å². The van der Waals surface area contributed by atoms with Crippen LogP contribution in [-0.2, 0) is 36.8 Å². The molecule has 190 valence electrons. The lowest BCUT2D eigenvalue weighted by Gasteiger charge is -2.25. The number of alkyl carbamates (subject to hydrolysis) is 1. The lowest BCUT2D eigenvalue weighted by atomic mass is 10.1. The minimum atomic E-state index is -1.12. The van der Waals surface area contributed by atoms with Gasteiger partial charge in [0.05, 0.1) is 19.8 Å². The van der Waals surface area contributed by atoms with Crippen molar-refractivity contribution in [3.8, 4) is 5.75 Å². The second-order valence-electron chi connectivity index (χ2n) is 8.88. The number of carbonyl (C=O) groups excluding carboxylic acids is 3. The Labute approximate surface area is 205 Å². The fourth-order valence-electron chi connectivity index (χ4n) is 3.08. The van der Waals surface area contributed by atoms with Gasteiger partial charge in [-0.3, -0.25) is 4.79 Å². The monoisotopic (exact) mass is 486 g/mol. The van der Waals surface area contributed by atoms with Gasteiger partial charge in [-0.15, -0.1) is 0 Å². The van der Waals surface area contributed by atoms with Crippen molar-refractivity contribution in [2.45, 2.75) is 58.4 Å². The van der Waals surface area contributed by atoms with Gasteiger partial charge in [-0.25, -0.2) is 9.59 Å². The van der Waals surface area contributed by atoms with Crippen LogP contribution < -0.4 is 10.6 Å². The molecule has 0 fully saturated rings. The number of phenols is 1. The first-order chi connectivity index (χ1) is 16.6. The summed E-state index contributed by atoms with van der Waals surface area (Å²) in [4.78, 5) is 38.1. The Hall–Kier alpha value is -3.59. The summed E-state index contributed by atoms with van der Waals surface area (Å²) in [5, 5.41) is 14.7. The zero-order chi connectivity index (χ0) is 25.8. The molecule has 0 aromatic heterocycles. The molecule has 0 aliphatic heterocycles. The van der Waals surface area contributed by atoms with Gasteiger partial charge in [-0.05, 0) is 51.0 Å². The molecule has 2 amide bonds. The van der Waals surface area contributed by atoms with Gasteiger partial charge in [0.2, 0.25) is 5.91 Å². The Kier molecular flexibility index (Phi) is 10.5. The molecule has 2 rings (SSSR count). The minimum absolute atomic E-state index is 0.0858. The van der Waals surface area contributed by atoms with Crippen LogP contribution in [0.4, 0.5) is 4.79 Å².